The first-order valence-corrected chi connectivity index (χ1v) is 8.25. The zero-order chi connectivity index (χ0) is 13.3. The average Bonchev–Trinajstić information content (AvgIpc) is 3.17. The molecule has 0 aliphatic carbocycles. The summed E-state index contributed by atoms with van der Waals surface area (Å²) < 4.78 is 0. The van der Waals surface area contributed by atoms with Crippen molar-refractivity contribution in [1.82, 2.24) is 10.2 Å². The van der Waals surface area contributed by atoms with Crippen LogP contribution >= 0.6 is 11.3 Å². The molecule has 2 unspecified atom stereocenters. The van der Waals surface area contributed by atoms with Crippen molar-refractivity contribution < 1.29 is 4.79 Å². The Labute approximate surface area is 119 Å². The first kappa shape index (κ1) is 13.1. The highest BCUT2D eigenvalue weighted by Gasteiger charge is 2.45. The first-order valence-electron chi connectivity index (χ1n) is 7.31. The predicted octanol–water partition coefficient (Wildman–Crippen LogP) is 2.80. The van der Waals surface area contributed by atoms with E-state index in [0.29, 0.717) is 11.9 Å². The molecule has 2 fully saturated rings. The molecule has 0 saturated carbocycles. The molecule has 1 aromatic rings. The van der Waals surface area contributed by atoms with Crippen molar-refractivity contribution in [2.45, 2.75) is 38.6 Å². The molecule has 0 spiro atoms. The van der Waals surface area contributed by atoms with E-state index in [9.17, 15) is 4.79 Å². The number of carbonyl (C=O) groups excluding carboxylic acids is 1. The summed E-state index contributed by atoms with van der Waals surface area (Å²) >= 11 is 1.73. The smallest absolute Gasteiger partial charge is 0.230 e. The molecule has 2 aliphatic rings. The van der Waals surface area contributed by atoms with E-state index in [4.69, 9.17) is 0 Å². The minimum atomic E-state index is -0.140. The molecule has 4 heteroatoms. The van der Waals surface area contributed by atoms with Crippen LogP contribution in [-0.2, 0) is 4.79 Å². The summed E-state index contributed by atoms with van der Waals surface area (Å²) in [5.41, 5.74) is 1.19. The number of amides is 1. The molecule has 19 heavy (non-hydrogen) atoms. The third-order valence-corrected chi connectivity index (χ3v) is 5.52. The monoisotopic (exact) mass is 278 g/mol. The van der Waals surface area contributed by atoms with Gasteiger partial charge in [-0.25, -0.2) is 0 Å². The van der Waals surface area contributed by atoms with Gasteiger partial charge in [-0.1, -0.05) is 6.92 Å². The zero-order valence-electron chi connectivity index (χ0n) is 11.5. The number of hydrogen-bond donors (Lipinski definition) is 1. The van der Waals surface area contributed by atoms with Gasteiger partial charge in [0.05, 0.1) is 11.5 Å². The number of nitrogens with one attached hydrogen (secondary N) is 1. The maximum absolute atomic E-state index is 13.0. The van der Waals surface area contributed by atoms with Crippen LogP contribution in [0.4, 0.5) is 0 Å². The predicted molar refractivity (Wildman–Crippen MR) is 78.2 cm³/mol. The number of nitrogens with zero attached hydrogens (tertiary/aromatic N) is 1. The molecule has 3 nitrogen and oxygen atoms in total. The van der Waals surface area contributed by atoms with E-state index in [-0.39, 0.29) is 5.41 Å². The van der Waals surface area contributed by atoms with Crippen LogP contribution in [0.25, 0.3) is 0 Å². The molecule has 0 aromatic carbocycles. The molecule has 3 rings (SSSR count). The van der Waals surface area contributed by atoms with E-state index in [1.54, 1.807) is 11.3 Å². The third-order valence-electron chi connectivity index (χ3n) is 4.82. The lowest BCUT2D eigenvalue weighted by molar-refractivity contribution is -0.142. The van der Waals surface area contributed by atoms with Crippen LogP contribution in [0, 0.1) is 5.41 Å². The molecule has 104 valence electrons. The molecule has 2 atom stereocenters. The summed E-state index contributed by atoms with van der Waals surface area (Å²) in [6.45, 7) is 4.92. The van der Waals surface area contributed by atoms with Crippen LogP contribution in [0.3, 0.4) is 0 Å². The summed E-state index contributed by atoms with van der Waals surface area (Å²) in [7, 11) is 0. The average molecular weight is 278 g/mol. The molecule has 0 bridgehead atoms. The Bertz CT molecular complexity index is 437. The molecular formula is C15H22N2OS. The normalized spacial score (nSPS) is 31.0. The fraction of sp³-hybridized carbons (Fsp3) is 0.667. The second kappa shape index (κ2) is 5.25. The number of rotatable bonds is 3. The van der Waals surface area contributed by atoms with Crippen LogP contribution in [0.1, 0.15) is 44.2 Å². The lowest BCUT2D eigenvalue weighted by Gasteiger charge is -2.34. The lowest BCUT2D eigenvalue weighted by Crippen LogP contribution is -2.44. The third kappa shape index (κ3) is 2.21. The van der Waals surface area contributed by atoms with Gasteiger partial charge in [0, 0.05) is 13.1 Å². The van der Waals surface area contributed by atoms with Crippen molar-refractivity contribution in [1.29, 1.82) is 0 Å². The first-order chi connectivity index (χ1) is 9.27. The van der Waals surface area contributed by atoms with Crippen LogP contribution in [-0.4, -0.2) is 30.4 Å². The Hall–Kier alpha value is -0.870. The highest BCUT2D eigenvalue weighted by Crippen LogP contribution is 2.39. The highest BCUT2D eigenvalue weighted by atomic mass is 32.1. The highest BCUT2D eigenvalue weighted by molar-refractivity contribution is 7.07. The van der Waals surface area contributed by atoms with Gasteiger partial charge in [0.2, 0.25) is 5.91 Å². The Morgan fingerprint density at radius 2 is 2.53 bits per heavy atom. The Kier molecular flexibility index (Phi) is 3.63. The van der Waals surface area contributed by atoms with Gasteiger partial charge in [-0.3, -0.25) is 4.79 Å². The number of carbonyl (C=O) groups is 1. The molecule has 1 amide bonds. The number of likely N-dealkylation sites (tertiary alicyclic amines) is 1. The largest absolute Gasteiger partial charge is 0.335 e. The SMILES string of the molecule is CCC1(C(=O)N2CCCC2c2ccsc2)CCNC1. The van der Waals surface area contributed by atoms with E-state index in [1.807, 2.05) is 0 Å². The standard InChI is InChI=1S/C15H22N2OS/c1-2-15(6-7-16-11-15)14(18)17-8-3-4-13(17)12-5-9-19-10-12/h5,9-10,13,16H,2-4,6-8,11H2,1H3. The van der Waals surface area contributed by atoms with Gasteiger partial charge >= 0.3 is 0 Å². The number of hydrogen-bond acceptors (Lipinski definition) is 3. The minimum absolute atomic E-state index is 0.140. The summed E-state index contributed by atoms with van der Waals surface area (Å²) in [6, 6.07) is 2.50. The van der Waals surface area contributed by atoms with E-state index in [2.05, 4.69) is 34.0 Å². The van der Waals surface area contributed by atoms with Crippen molar-refractivity contribution in [2.24, 2.45) is 5.41 Å². The van der Waals surface area contributed by atoms with Crippen molar-refractivity contribution in [3.8, 4) is 0 Å². The fourth-order valence-electron chi connectivity index (χ4n) is 3.50. The molecular weight excluding hydrogens is 256 g/mol. The topological polar surface area (TPSA) is 32.3 Å². The van der Waals surface area contributed by atoms with E-state index in [1.165, 1.54) is 5.56 Å². The van der Waals surface area contributed by atoms with Gasteiger partial charge in [-0.2, -0.15) is 11.3 Å². The van der Waals surface area contributed by atoms with Crippen LogP contribution in [0.2, 0.25) is 0 Å². The summed E-state index contributed by atoms with van der Waals surface area (Å²) in [5.74, 6) is 0.383. The number of thiophene rings is 1. The lowest BCUT2D eigenvalue weighted by atomic mass is 9.82. The molecule has 1 N–H and O–H groups in total. The Morgan fingerprint density at radius 1 is 1.63 bits per heavy atom. The molecule has 2 aliphatic heterocycles. The maximum atomic E-state index is 13.0. The van der Waals surface area contributed by atoms with Gasteiger partial charge < -0.3 is 10.2 Å². The van der Waals surface area contributed by atoms with E-state index in [0.717, 1.165) is 45.3 Å². The Balaban J connectivity index is 1.82. The second-order valence-corrected chi connectivity index (χ2v) is 6.55. The van der Waals surface area contributed by atoms with Gasteiger partial charge in [0.1, 0.15) is 0 Å². The van der Waals surface area contributed by atoms with Crippen molar-refractivity contribution >= 4 is 17.2 Å². The molecule has 1 aromatic heterocycles. The second-order valence-electron chi connectivity index (χ2n) is 5.77. The maximum Gasteiger partial charge on any atom is 0.230 e. The fourth-order valence-corrected chi connectivity index (χ4v) is 4.21. The summed E-state index contributed by atoms with van der Waals surface area (Å²) in [5, 5.41) is 7.68. The molecule has 3 heterocycles. The summed E-state index contributed by atoms with van der Waals surface area (Å²) in [4.78, 5) is 15.1. The Morgan fingerprint density at radius 3 is 3.16 bits per heavy atom. The molecule has 0 radical (unpaired) electrons. The van der Waals surface area contributed by atoms with Crippen LogP contribution in [0.5, 0.6) is 0 Å². The van der Waals surface area contributed by atoms with Crippen molar-refractivity contribution in [3.05, 3.63) is 22.4 Å². The van der Waals surface area contributed by atoms with E-state index >= 15 is 0 Å². The van der Waals surface area contributed by atoms with Gasteiger partial charge in [-0.15, -0.1) is 0 Å². The zero-order valence-corrected chi connectivity index (χ0v) is 12.3. The molecule has 2 saturated heterocycles. The van der Waals surface area contributed by atoms with Gasteiger partial charge in [-0.05, 0) is 54.6 Å². The van der Waals surface area contributed by atoms with E-state index < -0.39 is 0 Å². The van der Waals surface area contributed by atoms with Crippen LogP contribution < -0.4 is 5.32 Å². The summed E-state index contributed by atoms with van der Waals surface area (Å²) in [6.07, 6.45) is 4.20. The van der Waals surface area contributed by atoms with Crippen LogP contribution in [0.15, 0.2) is 16.8 Å². The van der Waals surface area contributed by atoms with Gasteiger partial charge in [0.25, 0.3) is 0 Å². The van der Waals surface area contributed by atoms with Gasteiger partial charge in [0.15, 0.2) is 0 Å². The quantitative estimate of drug-likeness (QED) is 0.922. The minimum Gasteiger partial charge on any atom is -0.335 e. The van der Waals surface area contributed by atoms with Crippen molar-refractivity contribution in [2.75, 3.05) is 19.6 Å². The van der Waals surface area contributed by atoms with Crippen molar-refractivity contribution in [3.63, 3.8) is 0 Å².